The maximum atomic E-state index is 13.0. The third-order valence-electron chi connectivity index (χ3n) is 3.06. The van der Waals surface area contributed by atoms with Crippen LogP contribution in [0.1, 0.15) is 23.2 Å². The minimum atomic E-state index is -0.451. The van der Waals surface area contributed by atoms with Gasteiger partial charge < -0.3 is 21.1 Å². The number of amides is 2. The SMILES string of the molecule is COC(CN)CC(=O)NCCCNC(=O)c1cccc(F)c1. The molecule has 1 aromatic rings. The van der Waals surface area contributed by atoms with E-state index in [0.29, 0.717) is 19.5 Å². The van der Waals surface area contributed by atoms with Crippen molar-refractivity contribution < 1.29 is 18.7 Å². The van der Waals surface area contributed by atoms with Gasteiger partial charge >= 0.3 is 0 Å². The van der Waals surface area contributed by atoms with E-state index >= 15 is 0 Å². The molecule has 1 rings (SSSR count). The average Bonchev–Trinajstić information content (AvgIpc) is 2.52. The predicted molar refractivity (Wildman–Crippen MR) is 80.8 cm³/mol. The highest BCUT2D eigenvalue weighted by Gasteiger charge is 2.10. The van der Waals surface area contributed by atoms with Crippen LogP contribution in [0.4, 0.5) is 4.39 Å². The molecule has 6 nitrogen and oxygen atoms in total. The summed E-state index contributed by atoms with van der Waals surface area (Å²) in [4.78, 5) is 23.3. The van der Waals surface area contributed by atoms with Crippen LogP contribution in [0, 0.1) is 5.82 Å². The fraction of sp³-hybridized carbons (Fsp3) is 0.467. The van der Waals surface area contributed by atoms with E-state index in [9.17, 15) is 14.0 Å². The highest BCUT2D eigenvalue weighted by Crippen LogP contribution is 2.02. The van der Waals surface area contributed by atoms with Crippen molar-refractivity contribution in [2.75, 3.05) is 26.7 Å². The van der Waals surface area contributed by atoms with E-state index in [-0.39, 0.29) is 36.4 Å². The van der Waals surface area contributed by atoms with E-state index in [4.69, 9.17) is 10.5 Å². The van der Waals surface area contributed by atoms with Crippen molar-refractivity contribution in [3.05, 3.63) is 35.6 Å². The van der Waals surface area contributed by atoms with Crippen LogP contribution in [0.2, 0.25) is 0 Å². The zero-order valence-electron chi connectivity index (χ0n) is 12.6. The average molecular weight is 311 g/mol. The van der Waals surface area contributed by atoms with Gasteiger partial charge in [-0.1, -0.05) is 6.07 Å². The molecule has 0 aliphatic heterocycles. The van der Waals surface area contributed by atoms with Crippen molar-refractivity contribution in [3.8, 4) is 0 Å². The summed E-state index contributed by atoms with van der Waals surface area (Å²) in [6.07, 6.45) is 0.503. The molecule has 7 heteroatoms. The second-order valence-electron chi connectivity index (χ2n) is 4.77. The van der Waals surface area contributed by atoms with E-state index in [0.717, 1.165) is 0 Å². The second kappa shape index (κ2) is 9.86. The lowest BCUT2D eigenvalue weighted by Gasteiger charge is -2.12. The number of benzene rings is 1. The molecular weight excluding hydrogens is 289 g/mol. The van der Waals surface area contributed by atoms with Crippen LogP contribution in [0.25, 0.3) is 0 Å². The summed E-state index contributed by atoms with van der Waals surface area (Å²) in [5.74, 6) is -0.935. The monoisotopic (exact) mass is 311 g/mol. The summed E-state index contributed by atoms with van der Waals surface area (Å²) in [5, 5.41) is 5.38. The first-order chi connectivity index (χ1) is 10.6. The summed E-state index contributed by atoms with van der Waals surface area (Å²) in [7, 11) is 1.51. The fourth-order valence-electron chi connectivity index (χ4n) is 1.79. The third-order valence-corrected chi connectivity index (χ3v) is 3.06. The van der Waals surface area contributed by atoms with E-state index in [1.807, 2.05) is 0 Å². The molecule has 4 N–H and O–H groups in total. The van der Waals surface area contributed by atoms with Gasteiger partial charge in [0.15, 0.2) is 0 Å². The number of methoxy groups -OCH3 is 1. The lowest BCUT2D eigenvalue weighted by Crippen LogP contribution is -2.34. The number of nitrogens with two attached hydrogens (primary N) is 1. The van der Waals surface area contributed by atoms with Crippen LogP contribution in [-0.2, 0) is 9.53 Å². The van der Waals surface area contributed by atoms with Crippen LogP contribution in [0.3, 0.4) is 0 Å². The Balaban J connectivity index is 2.17. The Kier molecular flexibility index (Phi) is 8.09. The first-order valence-corrected chi connectivity index (χ1v) is 7.10. The molecule has 0 bridgehead atoms. The summed E-state index contributed by atoms with van der Waals surface area (Å²) < 4.78 is 18.0. The summed E-state index contributed by atoms with van der Waals surface area (Å²) in [6, 6.07) is 5.47. The molecule has 1 atom stereocenters. The predicted octanol–water partition coefficient (Wildman–Crippen LogP) is 0.426. The maximum Gasteiger partial charge on any atom is 0.251 e. The summed E-state index contributed by atoms with van der Waals surface area (Å²) in [6.45, 7) is 1.11. The molecule has 0 aliphatic rings. The molecule has 0 spiro atoms. The molecule has 1 aromatic carbocycles. The smallest absolute Gasteiger partial charge is 0.251 e. The fourth-order valence-corrected chi connectivity index (χ4v) is 1.79. The van der Waals surface area contributed by atoms with Gasteiger partial charge in [-0.2, -0.15) is 0 Å². The Morgan fingerprint density at radius 3 is 2.68 bits per heavy atom. The minimum Gasteiger partial charge on any atom is -0.380 e. The Hall–Kier alpha value is -1.99. The van der Waals surface area contributed by atoms with E-state index < -0.39 is 5.82 Å². The van der Waals surface area contributed by atoms with Crippen molar-refractivity contribution in [1.82, 2.24) is 10.6 Å². The number of rotatable bonds is 9. The van der Waals surface area contributed by atoms with E-state index in [2.05, 4.69) is 10.6 Å². The Labute approximate surface area is 129 Å². The quantitative estimate of drug-likeness (QED) is 0.576. The molecule has 0 aromatic heterocycles. The molecule has 0 fully saturated rings. The highest BCUT2D eigenvalue weighted by atomic mass is 19.1. The maximum absolute atomic E-state index is 13.0. The van der Waals surface area contributed by atoms with Gasteiger partial charge in [0, 0.05) is 32.3 Å². The molecule has 122 valence electrons. The molecule has 0 aliphatic carbocycles. The number of ether oxygens (including phenoxy) is 1. The molecule has 0 heterocycles. The zero-order valence-corrected chi connectivity index (χ0v) is 12.6. The van der Waals surface area contributed by atoms with Gasteiger partial charge in [-0.05, 0) is 24.6 Å². The standard InChI is InChI=1S/C15H22FN3O3/c1-22-13(10-17)9-14(20)18-6-3-7-19-15(21)11-4-2-5-12(16)8-11/h2,4-5,8,13H,3,6-7,9-10,17H2,1H3,(H,18,20)(H,19,21). The van der Waals surface area contributed by atoms with Crippen molar-refractivity contribution in [2.24, 2.45) is 5.73 Å². The van der Waals surface area contributed by atoms with Crippen molar-refractivity contribution >= 4 is 11.8 Å². The lowest BCUT2D eigenvalue weighted by molar-refractivity contribution is -0.123. The first kappa shape index (κ1) is 18.1. The molecule has 22 heavy (non-hydrogen) atoms. The second-order valence-corrected chi connectivity index (χ2v) is 4.77. The molecule has 1 unspecified atom stereocenters. The van der Waals surface area contributed by atoms with Crippen molar-refractivity contribution in [3.63, 3.8) is 0 Å². The summed E-state index contributed by atoms with van der Waals surface area (Å²) >= 11 is 0. The Morgan fingerprint density at radius 2 is 2.05 bits per heavy atom. The van der Waals surface area contributed by atoms with Crippen LogP contribution in [0.15, 0.2) is 24.3 Å². The van der Waals surface area contributed by atoms with Crippen LogP contribution < -0.4 is 16.4 Å². The van der Waals surface area contributed by atoms with Crippen LogP contribution >= 0.6 is 0 Å². The van der Waals surface area contributed by atoms with Gasteiger partial charge in [0.05, 0.1) is 12.5 Å². The molecule has 0 radical (unpaired) electrons. The molecule has 0 saturated heterocycles. The van der Waals surface area contributed by atoms with Gasteiger partial charge in [0.1, 0.15) is 5.82 Å². The van der Waals surface area contributed by atoms with Gasteiger partial charge in [-0.3, -0.25) is 9.59 Å². The van der Waals surface area contributed by atoms with Crippen molar-refractivity contribution in [1.29, 1.82) is 0 Å². The normalized spacial score (nSPS) is 11.8. The Bertz CT molecular complexity index is 493. The molecule has 0 saturated carbocycles. The van der Waals surface area contributed by atoms with Crippen molar-refractivity contribution in [2.45, 2.75) is 18.9 Å². The van der Waals surface area contributed by atoms with Gasteiger partial charge in [-0.15, -0.1) is 0 Å². The van der Waals surface area contributed by atoms with Gasteiger partial charge in [0.25, 0.3) is 5.91 Å². The van der Waals surface area contributed by atoms with E-state index in [1.165, 1.54) is 31.4 Å². The zero-order chi connectivity index (χ0) is 16.4. The molecule has 2 amide bonds. The lowest BCUT2D eigenvalue weighted by atomic mass is 10.2. The Morgan fingerprint density at radius 1 is 1.32 bits per heavy atom. The number of carbonyl (C=O) groups excluding carboxylic acids is 2. The largest absolute Gasteiger partial charge is 0.380 e. The number of hydrogen-bond acceptors (Lipinski definition) is 4. The summed E-state index contributed by atoms with van der Waals surface area (Å²) in [5.41, 5.74) is 5.70. The van der Waals surface area contributed by atoms with Crippen LogP contribution in [-0.4, -0.2) is 44.7 Å². The highest BCUT2D eigenvalue weighted by molar-refractivity contribution is 5.94. The third kappa shape index (κ3) is 6.64. The van der Waals surface area contributed by atoms with Crippen LogP contribution in [0.5, 0.6) is 0 Å². The number of nitrogens with one attached hydrogen (secondary N) is 2. The number of carbonyl (C=O) groups is 2. The minimum absolute atomic E-state index is 0.145. The first-order valence-electron chi connectivity index (χ1n) is 7.10. The van der Waals surface area contributed by atoms with E-state index in [1.54, 1.807) is 0 Å². The van der Waals surface area contributed by atoms with Gasteiger partial charge in [-0.25, -0.2) is 4.39 Å². The number of halogens is 1. The molecular formula is C15H22FN3O3. The van der Waals surface area contributed by atoms with Gasteiger partial charge in [0.2, 0.25) is 5.91 Å². The number of hydrogen-bond donors (Lipinski definition) is 3. The topological polar surface area (TPSA) is 93.4 Å².